The summed E-state index contributed by atoms with van der Waals surface area (Å²) in [6.07, 6.45) is 6.82. The Balaban J connectivity index is 2.03. The zero-order chi connectivity index (χ0) is 14.4. The van der Waals surface area contributed by atoms with E-state index in [1.54, 1.807) is 48.3 Å². The van der Waals surface area contributed by atoms with Gasteiger partial charge in [0, 0.05) is 23.2 Å². The minimum Gasteiger partial charge on any atom is -0.497 e. The largest absolute Gasteiger partial charge is 0.497 e. The SMILES string of the molecule is COc1ccc(C(=O)C=Cc2cnn(CCCl)c2)cc1. The van der Waals surface area contributed by atoms with Gasteiger partial charge in [-0.25, -0.2) is 0 Å². The third-order valence-electron chi connectivity index (χ3n) is 2.77. The number of allylic oxidation sites excluding steroid dienone is 1. The van der Waals surface area contributed by atoms with Gasteiger partial charge in [0.15, 0.2) is 5.78 Å². The van der Waals surface area contributed by atoms with Gasteiger partial charge in [0.05, 0.1) is 19.9 Å². The van der Waals surface area contributed by atoms with Crippen molar-refractivity contribution in [3.8, 4) is 5.75 Å². The van der Waals surface area contributed by atoms with Crippen molar-refractivity contribution in [2.45, 2.75) is 6.54 Å². The predicted molar refractivity (Wildman–Crippen MR) is 79.3 cm³/mol. The summed E-state index contributed by atoms with van der Waals surface area (Å²) < 4.78 is 6.79. The number of hydrogen-bond donors (Lipinski definition) is 0. The Morgan fingerprint density at radius 2 is 2.15 bits per heavy atom. The molecule has 1 aromatic carbocycles. The topological polar surface area (TPSA) is 44.1 Å². The van der Waals surface area contributed by atoms with Crippen LogP contribution in [0.2, 0.25) is 0 Å². The van der Waals surface area contributed by atoms with E-state index in [0.717, 1.165) is 11.3 Å². The highest BCUT2D eigenvalue weighted by Gasteiger charge is 2.02. The summed E-state index contributed by atoms with van der Waals surface area (Å²) in [4.78, 5) is 12.0. The lowest BCUT2D eigenvalue weighted by molar-refractivity contribution is 0.104. The van der Waals surface area contributed by atoms with Gasteiger partial charge in [0.2, 0.25) is 0 Å². The fourth-order valence-corrected chi connectivity index (χ4v) is 1.87. The van der Waals surface area contributed by atoms with Crippen LogP contribution in [0.3, 0.4) is 0 Å². The number of alkyl halides is 1. The monoisotopic (exact) mass is 290 g/mol. The van der Waals surface area contributed by atoms with Crippen LogP contribution in [0.15, 0.2) is 42.7 Å². The van der Waals surface area contributed by atoms with Crippen molar-refractivity contribution < 1.29 is 9.53 Å². The number of methoxy groups -OCH3 is 1. The van der Waals surface area contributed by atoms with E-state index in [-0.39, 0.29) is 5.78 Å². The molecule has 1 heterocycles. The van der Waals surface area contributed by atoms with E-state index in [2.05, 4.69) is 5.10 Å². The molecule has 0 aliphatic carbocycles. The van der Waals surface area contributed by atoms with Crippen molar-refractivity contribution in [3.63, 3.8) is 0 Å². The first-order valence-corrected chi connectivity index (χ1v) is 6.71. The fraction of sp³-hybridized carbons (Fsp3) is 0.200. The molecular formula is C15H15ClN2O2. The molecule has 0 saturated carbocycles. The van der Waals surface area contributed by atoms with Crippen LogP contribution in [0.25, 0.3) is 6.08 Å². The Bertz CT molecular complexity index is 603. The molecule has 0 amide bonds. The lowest BCUT2D eigenvalue weighted by Crippen LogP contribution is -1.98. The van der Waals surface area contributed by atoms with Crippen LogP contribution in [-0.4, -0.2) is 28.6 Å². The molecule has 20 heavy (non-hydrogen) atoms. The first kappa shape index (κ1) is 14.3. The Kier molecular flexibility index (Phi) is 4.96. The quantitative estimate of drug-likeness (QED) is 0.467. The molecule has 104 valence electrons. The van der Waals surface area contributed by atoms with E-state index in [1.165, 1.54) is 6.08 Å². The molecule has 0 aliphatic heterocycles. The second-order valence-corrected chi connectivity index (χ2v) is 4.53. The number of carbonyl (C=O) groups excluding carboxylic acids is 1. The molecule has 4 nitrogen and oxygen atoms in total. The summed E-state index contributed by atoms with van der Waals surface area (Å²) in [6, 6.07) is 7.00. The minimum atomic E-state index is -0.0576. The number of ketones is 1. The van der Waals surface area contributed by atoms with Crippen molar-refractivity contribution >= 4 is 23.5 Å². The van der Waals surface area contributed by atoms with Gasteiger partial charge < -0.3 is 4.74 Å². The second-order valence-electron chi connectivity index (χ2n) is 4.15. The van der Waals surface area contributed by atoms with Gasteiger partial charge in [-0.05, 0) is 36.4 Å². The highest BCUT2D eigenvalue weighted by Crippen LogP contribution is 2.12. The standard InChI is InChI=1S/C15H15ClN2O2/c1-20-14-5-3-13(4-6-14)15(19)7-2-12-10-17-18(11-12)9-8-16/h2-7,10-11H,8-9H2,1H3. The second kappa shape index (κ2) is 6.91. The molecule has 0 unspecified atom stereocenters. The average molecular weight is 291 g/mol. The first-order chi connectivity index (χ1) is 9.72. The number of nitrogens with zero attached hydrogens (tertiary/aromatic N) is 2. The summed E-state index contributed by atoms with van der Waals surface area (Å²) in [5, 5.41) is 4.13. The number of benzene rings is 1. The van der Waals surface area contributed by atoms with Crippen LogP contribution < -0.4 is 4.74 Å². The number of aryl methyl sites for hydroxylation is 1. The van der Waals surface area contributed by atoms with Crippen LogP contribution in [0.4, 0.5) is 0 Å². The molecule has 0 atom stereocenters. The van der Waals surface area contributed by atoms with Gasteiger partial charge in [0.1, 0.15) is 5.75 Å². The third kappa shape index (κ3) is 3.71. The number of halogens is 1. The first-order valence-electron chi connectivity index (χ1n) is 6.18. The number of ether oxygens (including phenoxy) is 1. The van der Waals surface area contributed by atoms with Crippen LogP contribution in [0.1, 0.15) is 15.9 Å². The van der Waals surface area contributed by atoms with Gasteiger partial charge in [-0.3, -0.25) is 9.48 Å². The lowest BCUT2D eigenvalue weighted by atomic mass is 10.1. The smallest absolute Gasteiger partial charge is 0.185 e. The summed E-state index contributed by atoms with van der Waals surface area (Å²) in [5.41, 5.74) is 1.49. The van der Waals surface area contributed by atoms with Crippen LogP contribution in [-0.2, 0) is 6.54 Å². The molecule has 0 spiro atoms. The highest BCUT2D eigenvalue weighted by molar-refractivity contribution is 6.17. The van der Waals surface area contributed by atoms with E-state index in [4.69, 9.17) is 16.3 Å². The summed E-state index contributed by atoms with van der Waals surface area (Å²) in [6.45, 7) is 0.655. The fourth-order valence-electron chi connectivity index (χ4n) is 1.70. The number of aromatic nitrogens is 2. The number of hydrogen-bond acceptors (Lipinski definition) is 3. The molecule has 5 heteroatoms. The maximum absolute atomic E-state index is 12.0. The molecule has 2 aromatic rings. The molecule has 0 N–H and O–H groups in total. The average Bonchev–Trinajstić information content (AvgIpc) is 2.93. The molecule has 0 bridgehead atoms. The maximum atomic E-state index is 12.0. The van der Waals surface area contributed by atoms with Gasteiger partial charge in [0.25, 0.3) is 0 Å². The van der Waals surface area contributed by atoms with Crippen molar-refractivity contribution in [1.82, 2.24) is 9.78 Å². The van der Waals surface area contributed by atoms with E-state index in [9.17, 15) is 4.79 Å². The van der Waals surface area contributed by atoms with E-state index >= 15 is 0 Å². The Hall–Kier alpha value is -2.07. The molecule has 2 rings (SSSR count). The third-order valence-corrected chi connectivity index (χ3v) is 2.94. The Morgan fingerprint density at radius 1 is 1.40 bits per heavy atom. The summed E-state index contributed by atoms with van der Waals surface area (Å²) in [7, 11) is 1.59. The van der Waals surface area contributed by atoms with Crippen LogP contribution >= 0.6 is 11.6 Å². The molecule has 0 radical (unpaired) electrons. The molecule has 0 aliphatic rings. The normalized spacial score (nSPS) is 10.9. The van der Waals surface area contributed by atoms with Gasteiger partial charge in [-0.1, -0.05) is 0 Å². The molecular weight excluding hydrogens is 276 g/mol. The van der Waals surface area contributed by atoms with E-state index < -0.39 is 0 Å². The summed E-state index contributed by atoms with van der Waals surface area (Å²) >= 11 is 5.63. The maximum Gasteiger partial charge on any atom is 0.185 e. The number of carbonyl (C=O) groups is 1. The van der Waals surface area contributed by atoms with Crippen molar-refractivity contribution in [3.05, 3.63) is 53.9 Å². The number of rotatable bonds is 6. The zero-order valence-corrected chi connectivity index (χ0v) is 11.9. The minimum absolute atomic E-state index is 0.0576. The van der Waals surface area contributed by atoms with E-state index in [0.29, 0.717) is 18.0 Å². The Labute approximate surface area is 122 Å². The van der Waals surface area contributed by atoms with Crippen molar-refractivity contribution in [1.29, 1.82) is 0 Å². The zero-order valence-electron chi connectivity index (χ0n) is 11.1. The molecule has 0 saturated heterocycles. The highest BCUT2D eigenvalue weighted by atomic mass is 35.5. The Morgan fingerprint density at radius 3 is 2.80 bits per heavy atom. The molecule has 0 fully saturated rings. The lowest BCUT2D eigenvalue weighted by Gasteiger charge is -1.99. The predicted octanol–water partition coefficient (Wildman–Crippen LogP) is 3.03. The van der Waals surface area contributed by atoms with Crippen LogP contribution in [0, 0.1) is 0 Å². The molecule has 1 aromatic heterocycles. The van der Waals surface area contributed by atoms with E-state index in [1.807, 2.05) is 6.20 Å². The van der Waals surface area contributed by atoms with Gasteiger partial charge in [-0.15, -0.1) is 11.6 Å². The van der Waals surface area contributed by atoms with Crippen molar-refractivity contribution in [2.24, 2.45) is 0 Å². The van der Waals surface area contributed by atoms with Gasteiger partial charge >= 0.3 is 0 Å². The van der Waals surface area contributed by atoms with Crippen molar-refractivity contribution in [2.75, 3.05) is 13.0 Å². The van der Waals surface area contributed by atoms with Gasteiger partial charge in [-0.2, -0.15) is 5.10 Å². The summed E-state index contributed by atoms with van der Waals surface area (Å²) in [5.74, 6) is 1.18. The van der Waals surface area contributed by atoms with Crippen LogP contribution in [0.5, 0.6) is 5.75 Å².